The molecule has 0 amide bonds. The third kappa shape index (κ3) is 3.40. The highest BCUT2D eigenvalue weighted by molar-refractivity contribution is 6.25. The maximum absolute atomic E-state index is 14.2. The molecule has 0 spiro atoms. The number of rotatable bonds is 5. The molecule has 1 aromatic rings. The molecular weight excluding hydrogens is 484 g/mol. The number of ketones is 3. The number of carbonyl (C=O) groups is 3. The summed E-state index contributed by atoms with van der Waals surface area (Å²) >= 11 is 0. The standard InChI is InChI=1S/C31H38O7/c1-8-10-17-12-18(11-9-2)24(33)21-19(17)13-29(6)14-30(7)22(15(3)4)25(34)20(16(5)32)27(36)31(30,38)28(37)23(29)26(21)35/h9,11-12,15,22,33-34,37-38H,8,10,13-14H2,1-7H3/b11-9+/t22?,29-,30-,31+/m1/s1. The number of aromatic hydroxyl groups is 1. The summed E-state index contributed by atoms with van der Waals surface area (Å²) in [5, 5.41) is 46.2. The molecule has 38 heavy (non-hydrogen) atoms. The highest BCUT2D eigenvalue weighted by atomic mass is 16.3. The van der Waals surface area contributed by atoms with Gasteiger partial charge in [-0.1, -0.05) is 53.2 Å². The molecule has 4 atom stereocenters. The van der Waals surface area contributed by atoms with Gasteiger partial charge in [-0.15, -0.1) is 0 Å². The van der Waals surface area contributed by atoms with Gasteiger partial charge in [-0.25, -0.2) is 0 Å². The molecule has 0 aromatic heterocycles. The smallest absolute Gasteiger partial charge is 0.209 e. The Kier molecular flexibility index (Phi) is 6.55. The van der Waals surface area contributed by atoms with Gasteiger partial charge in [-0.2, -0.15) is 0 Å². The fourth-order valence-electron chi connectivity index (χ4n) is 7.70. The van der Waals surface area contributed by atoms with Gasteiger partial charge in [-0.05, 0) is 56.2 Å². The number of phenols is 1. The first-order valence-corrected chi connectivity index (χ1v) is 13.3. The average Bonchev–Trinajstić information content (AvgIpc) is 2.79. The Hall–Kier alpha value is -3.19. The van der Waals surface area contributed by atoms with E-state index in [2.05, 4.69) is 0 Å². The van der Waals surface area contributed by atoms with Gasteiger partial charge < -0.3 is 20.4 Å². The van der Waals surface area contributed by atoms with Crippen LogP contribution < -0.4 is 0 Å². The molecule has 204 valence electrons. The lowest BCUT2D eigenvalue weighted by molar-refractivity contribution is -0.171. The van der Waals surface area contributed by atoms with Crippen LogP contribution in [0.5, 0.6) is 5.75 Å². The summed E-state index contributed by atoms with van der Waals surface area (Å²) < 4.78 is 0. The number of allylic oxidation sites excluding steroid dienone is 3. The van der Waals surface area contributed by atoms with Gasteiger partial charge in [0.1, 0.15) is 22.8 Å². The van der Waals surface area contributed by atoms with Crippen LogP contribution in [-0.2, 0) is 22.4 Å². The summed E-state index contributed by atoms with van der Waals surface area (Å²) in [5.41, 5.74) is -3.52. The normalized spacial score (nSPS) is 31.1. The van der Waals surface area contributed by atoms with Crippen LogP contribution in [-0.4, -0.2) is 43.4 Å². The summed E-state index contributed by atoms with van der Waals surface area (Å²) in [7, 11) is 0. The Morgan fingerprint density at radius 3 is 2.34 bits per heavy atom. The predicted octanol–water partition coefficient (Wildman–Crippen LogP) is 5.33. The van der Waals surface area contributed by atoms with E-state index in [1.165, 1.54) is 0 Å². The topological polar surface area (TPSA) is 132 Å². The molecule has 0 bridgehead atoms. The Bertz CT molecular complexity index is 1360. The van der Waals surface area contributed by atoms with Crippen LogP contribution in [0.15, 0.2) is 34.8 Å². The fourth-order valence-corrected chi connectivity index (χ4v) is 7.70. The van der Waals surface area contributed by atoms with Crippen LogP contribution in [0.1, 0.15) is 88.4 Å². The molecule has 4 N–H and O–H groups in total. The van der Waals surface area contributed by atoms with E-state index in [1.54, 1.807) is 26.0 Å². The highest BCUT2D eigenvalue weighted by Gasteiger charge is 2.71. The second-order valence-corrected chi connectivity index (χ2v) is 12.0. The van der Waals surface area contributed by atoms with Crippen molar-refractivity contribution >= 4 is 23.4 Å². The molecule has 3 aliphatic rings. The molecule has 7 nitrogen and oxygen atoms in total. The molecule has 0 aliphatic heterocycles. The lowest BCUT2D eigenvalue weighted by Crippen LogP contribution is -2.67. The van der Waals surface area contributed by atoms with Gasteiger partial charge >= 0.3 is 0 Å². The van der Waals surface area contributed by atoms with Gasteiger partial charge in [0.2, 0.25) is 5.78 Å². The highest BCUT2D eigenvalue weighted by Crippen LogP contribution is 2.65. The lowest BCUT2D eigenvalue weighted by Gasteiger charge is -2.59. The monoisotopic (exact) mass is 522 g/mol. The second kappa shape index (κ2) is 8.94. The SMILES string of the molecule is C/C=C/c1cc(CCC)c2c(c1O)C(=O)C1=C(O)[C@@]3(O)C(=O)C(C(C)=O)=C(O)C(C(C)C)[C@@]3(C)C[C@@]1(C)C2. The molecule has 0 saturated heterocycles. The van der Waals surface area contributed by atoms with Crippen LogP contribution in [0.3, 0.4) is 0 Å². The molecule has 7 heteroatoms. The van der Waals surface area contributed by atoms with Crippen LogP contribution in [0, 0.1) is 22.7 Å². The fraction of sp³-hybridized carbons (Fsp3) is 0.516. The van der Waals surface area contributed by atoms with Crippen molar-refractivity contribution in [2.75, 3.05) is 0 Å². The van der Waals surface area contributed by atoms with Crippen molar-refractivity contribution in [3.05, 3.63) is 57.1 Å². The minimum Gasteiger partial charge on any atom is -0.511 e. The van der Waals surface area contributed by atoms with E-state index in [4.69, 9.17) is 0 Å². The molecule has 3 aliphatic carbocycles. The zero-order valence-electron chi connectivity index (χ0n) is 23.2. The summed E-state index contributed by atoms with van der Waals surface area (Å²) in [6.07, 6.45) is 5.35. The van der Waals surface area contributed by atoms with Crippen LogP contribution in [0.4, 0.5) is 0 Å². The first-order valence-electron chi connectivity index (χ1n) is 13.3. The molecule has 1 aromatic carbocycles. The van der Waals surface area contributed by atoms with Crippen molar-refractivity contribution in [3.63, 3.8) is 0 Å². The summed E-state index contributed by atoms with van der Waals surface area (Å²) in [6.45, 7) is 12.1. The van der Waals surface area contributed by atoms with Crippen molar-refractivity contribution in [2.24, 2.45) is 22.7 Å². The summed E-state index contributed by atoms with van der Waals surface area (Å²) in [6, 6.07) is 1.89. The molecule has 4 rings (SSSR count). The molecule has 0 heterocycles. The van der Waals surface area contributed by atoms with Crippen LogP contribution in [0.2, 0.25) is 0 Å². The quantitative estimate of drug-likeness (QED) is 0.384. The van der Waals surface area contributed by atoms with E-state index in [0.717, 1.165) is 18.9 Å². The third-order valence-electron chi connectivity index (χ3n) is 8.99. The molecule has 0 fully saturated rings. The average molecular weight is 523 g/mol. The maximum atomic E-state index is 14.2. The van der Waals surface area contributed by atoms with E-state index >= 15 is 0 Å². The van der Waals surface area contributed by atoms with E-state index in [-0.39, 0.29) is 35.0 Å². The Balaban J connectivity index is 2.09. The number of hydrogen-bond donors (Lipinski definition) is 4. The van der Waals surface area contributed by atoms with Gasteiger partial charge in [-0.3, -0.25) is 14.4 Å². The minimum atomic E-state index is -2.60. The van der Waals surface area contributed by atoms with Gasteiger partial charge in [0, 0.05) is 27.9 Å². The third-order valence-corrected chi connectivity index (χ3v) is 8.99. The first kappa shape index (κ1) is 27.8. The number of Topliss-reactive ketones (excluding diaryl/α,β-unsaturated/α-hetero) is 3. The molecule has 1 unspecified atom stereocenters. The van der Waals surface area contributed by atoms with Crippen LogP contribution in [0.25, 0.3) is 6.08 Å². The largest absolute Gasteiger partial charge is 0.511 e. The summed E-state index contributed by atoms with van der Waals surface area (Å²) in [4.78, 5) is 40.4. The van der Waals surface area contributed by atoms with E-state index in [9.17, 15) is 34.8 Å². The number of aliphatic hydroxyl groups is 3. The Morgan fingerprint density at radius 1 is 1.18 bits per heavy atom. The number of hydrogen-bond acceptors (Lipinski definition) is 7. The van der Waals surface area contributed by atoms with E-state index in [1.807, 2.05) is 33.8 Å². The lowest BCUT2D eigenvalue weighted by atomic mass is 9.44. The molecular formula is C31H38O7. The Labute approximate surface area is 223 Å². The van der Waals surface area contributed by atoms with Gasteiger partial charge in [0.25, 0.3) is 0 Å². The van der Waals surface area contributed by atoms with Crippen molar-refractivity contribution in [1.82, 2.24) is 0 Å². The van der Waals surface area contributed by atoms with Crippen molar-refractivity contribution in [1.29, 1.82) is 0 Å². The van der Waals surface area contributed by atoms with Gasteiger partial charge in [0.05, 0.1) is 5.56 Å². The number of fused-ring (bicyclic) bond motifs is 3. The zero-order valence-corrected chi connectivity index (χ0v) is 23.2. The number of phenolic OH excluding ortho intramolecular Hbond substituents is 1. The minimum absolute atomic E-state index is 0.0733. The molecule has 0 radical (unpaired) electrons. The second-order valence-electron chi connectivity index (χ2n) is 12.0. The van der Waals surface area contributed by atoms with Crippen LogP contribution >= 0.6 is 0 Å². The van der Waals surface area contributed by atoms with E-state index < -0.39 is 51.0 Å². The number of aliphatic hydroxyl groups excluding tert-OH is 2. The Morgan fingerprint density at radius 2 is 1.82 bits per heavy atom. The first-order chi connectivity index (χ1) is 17.6. The van der Waals surface area contributed by atoms with E-state index in [0.29, 0.717) is 24.0 Å². The van der Waals surface area contributed by atoms with Gasteiger partial charge in [0.15, 0.2) is 17.2 Å². The number of carbonyl (C=O) groups excluding carboxylic acids is 3. The van der Waals surface area contributed by atoms with Crippen molar-refractivity contribution < 1.29 is 34.8 Å². The maximum Gasteiger partial charge on any atom is 0.209 e. The number of benzene rings is 1. The number of aryl methyl sites for hydroxylation is 1. The van der Waals surface area contributed by atoms with Crippen molar-refractivity contribution in [2.45, 2.75) is 79.8 Å². The van der Waals surface area contributed by atoms with Crippen molar-refractivity contribution in [3.8, 4) is 5.75 Å². The zero-order chi connectivity index (χ0) is 28.5. The molecule has 0 saturated carbocycles. The predicted molar refractivity (Wildman–Crippen MR) is 144 cm³/mol. The summed E-state index contributed by atoms with van der Waals surface area (Å²) in [5.74, 6) is -4.98.